The third-order valence-electron chi connectivity index (χ3n) is 3.75. The molecule has 27 heavy (non-hydrogen) atoms. The Bertz CT molecular complexity index is 722. The third kappa shape index (κ3) is 4.93. The summed E-state index contributed by atoms with van der Waals surface area (Å²) in [6, 6.07) is 15.4. The van der Waals surface area contributed by atoms with Crippen molar-refractivity contribution >= 4 is 11.6 Å². The zero-order valence-corrected chi connectivity index (χ0v) is 14.3. The van der Waals surface area contributed by atoms with Gasteiger partial charge in [0, 0.05) is 0 Å². The van der Waals surface area contributed by atoms with Crippen LogP contribution in [-0.2, 0) is 4.74 Å². The van der Waals surface area contributed by atoms with E-state index in [9.17, 15) is 30.7 Å². The molecule has 2 atom stereocenters. The SMILES string of the molecule is FC(F)C(F)C(F)(F)C(F)(F)OCC(Cl)c1ccc(-c2ccccc2)cc1. The smallest absolute Gasteiger partial charge is 0.314 e. The van der Waals surface area contributed by atoms with Gasteiger partial charge in [-0.25, -0.2) is 13.2 Å². The molecule has 9 heteroatoms. The lowest BCUT2D eigenvalue weighted by Gasteiger charge is -2.28. The van der Waals surface area contributed by atoms with Gasteiger partial charge in [-0.2, -0.15) is 17.6 Å². The van der Waals surface area contributed by atoms with Crippen molar-refractivity contribution in [2.75, 3.05) is 6.61 Å². The van der Waals surface area contributed by atoms with E-state index in [1.54, 1.807) is 12.1 Å². The Morgan fingerprint density at radius 1 is 0.815 bits per heavy atom. The summed E-state index contributed by atoms with van der Waals surface area (Å²) >= 11 is 5.86. The van der Waals surface area contributed by atoms with Gasteiger partial charge in [0.15, 0.2) is 0 Å². The van der Waals surface area contributed by atoms with E-state index < -0.39 is 36.6 Å². The van der Waals surface area contributed by atoms with Crippen molar-refractivity contribution in [3.05, 3.63) is 60.2 Å². The highest BCUT2D eigenvalue weighted by Crippen LogP contribution is 2.42. The number of hydrogen-bond acceptors (Lipinski definition) is 1. The first-order chi connectivity index (χ1) is 12.6. The fourth-order valence-corrected chi connectivity index (χ4v) is 2.41. The Kier molecular flexibility index (Phi) is 6.75. The summed E-state index contributed by atoms with van der Waals surface area (Å²) in [4.78, 5) is 0. The van der Waals surface area contributed by atoms with E-state index in [0.29, 0.717) is 0 Å². The summed E-state index contributed by atoms with van der Waals surface area (Å²) in [7, 11) is 0. The molecule has 0 radical (unpaired) electrons. The van der Waals surface area contributed by atoms with Crippen molar-refractivity contribution in [3.8, 4) is 11.1 Å². The molecule has 1 nitrogen and oxygen atoms in total. The fraction of sp³-hybridized carbons (Fsp3) is 0.333. The van der Waals surface area contributed by atoms with Crippen LogP contribution in [0.2, 0.25) is 0 Å². The van der Waals surface area contributed by atoms with Crippen molar-refractivity contribution in [1.82, 2.24) is 0 Å². The highest BCUT2D eigenvalue weighted by atomic mass is 35.5. The second-order valence-corrected chi connectivity index (χ2v) is 6.17. The molecule has 2 unspecified atom stereocenters. The van der Waals surface area contributed by atoms with Crippen LogP contribution < -0.4 is 0 Å². The molecular formula is C18H14ClF7O. The minimum Gasteiger partial charge on any atom is -0.314 e. The van der Waals surface area contributed by atoms with Crippen LogP contribution in [0.4, 0.5) is 30.7 Å². The van der Waals surface area contributed by atoms with Crippen LogP contribution >= 0.6 is 11.6 Å². The van der Waals surface area contributed by atoms with Crippen molar-refractivity contribution < 1.29 is 35.5 Å². The molecule has 0 fully saturated rings. The van der Waals surface area contributed by atoms with E-state index in [4.69, 9.17) is 11.6 Å². The van der Waals surface area contributed by atoms with Gasteiger partial charge in [-0.1, -0.05) is 54.6 Å². The van der Waals surface area contributed by atoms with E-state index in [-0.39, 0.29) is 5.56 Å². The van der Waals surface area contributed by atoms with Gasteiger partial charge in [0.25, 0.3) is 6.43 Å². The molecule has 0 aromatic heterocycles. The number of halogens is 8. The van der Waals surface area contributed by atoms with Crippen molar-refractivity contribution in [1.29, 1.82) is 0 Å². The molecule has 0 amide bonds. The average molecular weight is 415 g/mol. The first-order valence-electron chi connectivity index (χ1n) is 7.67. The number of alkyl halides is 8. The second-order valence-electron chi connectivity index (χ2n) is 5.64. The fourth-order valence-electron chi connectivity index (χ4n) is 2.20. The average Bonchev–Trinajstić information content (AvgIpc) is 2.66. The van der Waals surface area contributed by atoms with Crippen LogP contribution in [0.15, 0.2) is 54.6 Å². The van der Waals surface area contributed by atoms with Gasteiger partial charge in [0.05, 0.1) is 12.0 Å². The van der Waals surface area contributed by atoms with Gasteiger partial charge in [0.1, 0.15) is 0 Å². The van der Waals surface area contributed by atoms with Gasteiger partial charge in [-0.3, -0.25) is 0 Å². The molecule has 2 rings (SSSR count). The van der Waals surface area contributed by atoms with Gasteiger partial charge >= 0.3 is 12.0 Å². The molecule has 0 saturated heterocycles. The van der Waals surface area contributed by atoms with E-state index in [2.05, 4.69) is 4.74 Å². The first kappa shape index (κ1) is 21.5. The predicted molar refractivity (Wildman–Crippen MR) is 87.2 cm³/mol. The maximum absolute atomic E-state index is 13.4. The highest BCUT2D eigenvalue weighted by Gasteiger charge is 2.66. The molecule has 148 valence electrons. The van der Waals surface area contributed by atoms with Crippen molar-refractivity contribution in [2.45, 2.75) is 30.0 Å². The normalized spacial score (nSPS) is 15.0. The summed E-state index contributed by atoms with van der Waals surface area (Å²) < 4.78 is 93.6. The summed E-state index contributed by atoms with van der Waals surface area (Å²) in [5.74, 6) is -5.70. The Balaban J connectivity index is 2.03. The molecule has 0 N–H and O–H groups in total. The van der Waals surface area contributed by atoms with Gasteiger partial charge < -0.3 is 4.74 Å². The summed E-state index contributed by atoms with van der Waals surface area (Å²) in [5, 5.41) is -1.28. The van der Waals surface area contributed by atoms with Crippen molar-refractivity contribution in [3.63, 3.8) is 0 Å². The Hall–Kier alpha value is -1.80. The first-order valence-corrected chi connectivity index (χ1v) is 8.11. The predicted octanol–water partition coefficient (Wildman–Crippen LogP) is 6.48. The summed E-state index contributed by atoms with van der Waals surface area (Å²) in [6.07, 6.45) is -14.1. The molecule has 0 aliphatic heterocycles. The van der Waals surface area contributed by atoms with Crippen LogP contribution in [0.3, 0.4) is 0 Å². The topological polar surface area (TPSA) is 9.23 Å². The summed E-state index contributed by atoms with van der Waals surface area (Å²) in [5.41, 5.74) is 1.97. The maximum Gasteiger partial charge on any atom is 0.422 e. The largest absolute Gasteiger partial charge is 0.422 e. The molecule has 2 aromatic rings. The zero-order chi connectivity index (χ0) is 20.2. The molecule has 0 aliphatic rings. The molecule has 2 aromatic carbocycles. The molecule has 0 bridgehead atoms. The quantitative estimate of drug-likeness (QED) is 0.355. The van der Waals surface area contributed by atoms with Crippen LogP contribution in [0.5, 0.6) is 0 Å². The van der Waals surface area contributed by atoms with Gasteiger partial charge in [0.2, 0.25) is 6.17 Å². The lowest BCUT2D eigenvalue weighted by atomic mass is 10.0. The molecular weight excluding hydrogens is 401 g/mol. The van der Waals surface area contributed by atoms with E-state index in [0.717, 1.165) is 11.1 Å². The zero-order valence-electron chi connectivity index (χ0n) is 13.6. The highest BCUT2D eigenvalue weighted by molar-refractivity contribution is 6.20. The lowest BCUT2D eigenvalue weighted by Crippen LogP contribution is -2.52. The van der Waals surface area contributed by atoms with Crippen LogP contribution in [0.25, 0.3) is 11.1 Å². The Morgan fingerprint density at radius 2 is 1.33 bits per heavy atom. The summed E-state index contributed by atoms with van der Waals surface area (Å²) in [6.45, 7) is -1.13. The minimum absolute atomic E-state index is 0.279. The molecule has 0 spiro atoms. The van der Waals surface area contributed by atoms with E-state index >= 15 is 0 Å². The number of benzene rings is 2. The van der Waals surface area contributed by atoms with E-state index in [1.165, 1.54) is 12.1 Å². The van der Waals surface area contributed by atoms with Crippen LogP contribution in [-0.4, -0.2) is 31.2 Å². The second kappa shape index (κ2) is 8.48. The standard InChI is InChI=1S/C18H14ClF7O/c19-14(10-27-18(25,26)17(23,24)15(20)16(21)22)13-8-6-12(7-9-13)11-4-2-1-3-5-11/h1-9,14-16H,10H2. The number of ether oxygens (including phenoxy) is 1. The molecule has 0 aliphatic carbocycles. The van der Waals surface area contributed by atoms with Crippen molar-refractivity contribution in [2.24, 2.45) is 0 Å². The van der Waals surface area contributed by atoms with Crippen LogP contribution in [0, 0.1) is 0 Å². The maximum atomic E-state index is 13.4. The monoisotopic (exact) mass is 414 g/mol. The Morgan fingerprint density at radius 3 is 1.85 bits per heavy atom. The van der Waals surface area contributed by atoms with Crippen LogP contribution in [0.1, 0.15) is 10.9 Å². The third-order valence-corrected chi connectivity index (χ3v) is 4.12. The molecule has 0 heterocycles. The van der Waals surface area contributed by atoms with Gasteiger partial charge in [-0.15, -0.1) is 11.6 Å². The van der Waals surface area contributed by atoms with E-state index in [1.807, 2.05) is 30.3 Å². The molecule has 0 saturated carbocycles. The Labute approximate surface area is 155 Å². The number of rotatable bonds is 8. The number of hydrogen-bond donors (Lipinski definition) is 0. The van der Waals surface area contributed by atoms with Gasteiger partial charge in [-0.05, 0) is 16.7 Å². The minimum atomic E-state index is -5.70. The lowest BCUT2D eigenvalue weighted by molar-refractivity contribution is -0.369.